The number of anilines is 1. The standard InChI is InChI=1S/C27H33N3O6/c1-17(2)36-16-8-14-28-22(31)11-7-15-29-25-19-12-13-21(34-3)24(35-4)23(19)27(33)30(25)20-10-6-5-9-18(20)26(29)32/h5-6,9-10,12-13,17,25H,7-8,11,14-16H2,1-4H3,(H,28,31). The van der Waals surface area contributed by atoms with Crippen LogP contribution in [0.3, 0.4) is 0 Å². The first-order chi connectivity index (χ1) is 17.4. The molecule has 0 fully saturated rings. The number of hydrogen-bond acceptors (Lipinski definition) is 6. The molecule has 0 radical (unpaired) electrons. The van der Waals surface area contributed by atoms with Gasteiger partial charge in [0, 0.05) is 31.7 Å². The number of methoxy groups -OCH3 is 2. The van der Waals surface area contributed by atoms with E-state index in [2.05, 4.69) is 5.32 Å². The van der Waals surface area contributed by atoms with E-state index in [0.717, 1.165) is 6.42 Å². The lowest BCUT2D eigenvalue weighted by Crippen LogP contribution is -2.48. The highest BCUT2D eigenvalue weighted by Crippen LogP contribution is 2.49. The van der Waals surface area contributed by atoms with Gasteiger partial charge in [0.05, 0.1) is 37.1 Å². The van der Waals surface area contributed by atoms with Crippen LogP contribution < -0.4 is 19.7 Å². The number of para-hydroxylation sites is 1. The molecule has 0 bridgehead atoms. The summed E-state index contributed by atoms with van der Waals surface area (Å²) in [5.74, 6) is 0.298. The molecular weight excluding hydrogens is 462 g/mol. The molecule has 2 aliphatic rings. The lowest BCUT2D eigenvalue weighted by Gasteiger charge is -2.41. The van der Waals surface area contributed by atoms with E-state index < -0.39 is 6.17 Å². The summed E-state index contributed by atoms with van der Waals surface area (Å²) >= 11 is 0. The molecule has 2 aliphatic heterocycles. The molecule has 0 aliphatic carbocycles. The highest BCUT2D eigenvalue weighted by Gasteiger charge is 2.49. The molecule has 9 heteroatoms. The van der Waals surface area contributed by atoms with Gasteiger partial charge >= 0.3 is 0 Å². The number of fused-ring (bicyclic) bond motifs is 5. The van der Waals surface area contributed by atoms with Crippen molar-refractivity contribution in [3.05, 3.63) is 53.1 Å². The number of amides is 3. The number of carbonyl (C=O) groups is 3. The summed E-state index contributed by atoms with van der Waals surface area (Å²) in [6.45, 7) is 5.41. The third-order valence-corrected chi connectivity index (χ3v) is 6.38. The zero-order chi connectivity index (χ0) is 25.8. The zero-order valence-electron chi connectivity index (χ0n) is 21.2. The van der Waals surface area contributed by atoms with Gasteiger partial charge in [-0.2, -0.15) is 0 Å². The van der Waals surface area contributed by atoms with Gasteiger partial charge in [0.2, 0.25) is 5.91 Å². The number of nitrogens with one attached hydrogen (secondary N) is 1. The van der Waals surface area contributed by atoms with E-state index in [1.807, 2.05) is 19.9 Å². The van der Waals surface area contributed by atoms with Crippen molar-refractivity contribution in [3.8, 4) is 11.5 Å². The summed E-state index contributed by atoms with van der Waals surface area (Å²) in [5, 5.41) is 2.90. The molecule has 9 nitrogen and oxygen atoms in total. The molecule has 2 aromatic rings. The maximum Gasteiger partial charge on any atom is 0.264 e. The molecule has 0 spiro atoms. The van der Waals surface area contributed by atoms with Crippen molar-refractivity contribution in [1.29, 1.82) is 0 Å². The fourth-order valence-corrected chi connectivity index (χ4v) is 4.77. The van der Waals surface area contributed by atoms with E-state index >= 15 is 0 Å². The molecule has 0 saturated heterocycles. The Kier molecular flexibility index (Phi) is 7.79. The largest absolute Gasteiger partial charge is 0.493 e. The van der Waals surface area contributed by atoms with E-state index in [-0.39, 0.29) is 30.2 Å². The Bertz CT molecular complexity index is 1150. The highest BCUT2D eigenvalue weighted by atomic mass is 16.5. The molecule has 1 N–H and O–H groups in total. The van der Waals surface area contributed by atoms with Crippen molar-refractivity contribution in [2.45, 2.75) is 45.4 Å². The first-order valence-corrected chi connectivity index (χ1v) is 12.3. The van der Waals surface area contributed by atoms with Crippen molar-refractivity contribution in [2.75, 3.05) is 38.8 Å². The van der Waals surface area contributed by atoms with Crippen molar-refractivity contribution < 1.29 is 28.6 Å². The lowest BCUT2D eigenvalue weighted by molar-refractivity contribution is -0.121. The summed E-state index contributed by atoms with van der Waals surface area (Å²) in [4.78, 5) is 42.9. The van der Waals surface area contributed by atoms with Crippen molar-refractivity contribution >= 4 is 23.4 Å². The van der Waals surface area contributed by atoms with Crippen molar-refractivity contribution in [2.24, 2.45) is 0 Å². The molecule has 2 aromatic carbocycles. The second-order valence-corrected chi connectivity index (χ2v) is 9.06. The molecule has 2 heterocycles. The van der Waals surface area contributed by atoms with Crippen LogP contribution in [0.15, 0.2) is 36.4 Å². The molecule has 0 aromatic heterocycles. The number of rotatable bonds is 11. The summed E-state index contributed by atoms with van der Waals surface area (Å²) in [6.07, 6.45) is 1.03. The van der Waals surface area contributed by atoms with Crippen LogP contribution in [0.4, 0.5) is 5.69 Å². The summed E-state index contributed by atoms with van der Waals surface area (Å²) in [6, 6.07) is 10.6. The van der Waals surface area contributed by atoms with Crippen LogP contribution in [0.25, 0.3) is 0 Å². The molecule has 0 saturated carbocycles. The minimum atomic E-state index is -0.619. The monoisotopic (exact) mass is 495 g/mol. The van der Waals surface area contributed by atoms with Gasteiger partial charge in [-0.05, 0) is 44.9 Å². The zero-order valence-corrected chi connectivity index (χ0v) is 21.2. The Hall–Kier alpha value is -3.59. The molecule has 1 unspecified atom stereocenters. The lowest BCUT2D eigenvalue weighted by atomic mass is 10.0. The van der Waals surface area contributed by atoms with Crippen LogP contribution >= 0.6 is 0 Å². The smallest absolute Gasteiger partial charge is 0.264 e. The summed E-state index contributed by atoms with van der Waals surface area (Å²) in [7, 11) is 3.01. The van der Waals surface area contributed by atoms with Crippen LogP contribution in [-0.4, -0.2) is 62.6 Å². The summed E-state index contributed by atoms with van der Waals surface area (Å²) in [5.41, 5.74) is 2.08. The van der Waals surface area contributed by atoms with E-state index in [1.54, 1.807) is 40.1 Å². The normalized spacial score (nSPS) is 16.1. The molecule has 4 rings (SSSR count). The SMILES string of the molecule is COc1ccc2c(c1OC)C(=O)N1c3ccccc3C(=O)N(CCCC(=O)NCCCOC(C)C)C21. The average molecular weight is 496 g/mol. The summed E-state index contributed by atoms with van der Waals surface area (Å²) < 4.78 is 16.4. The van der Waals surface area contributed by atoms with Gasteiger partial charge in [0.1, 0.15) is 6.17 Å². The molecule has 1 atom stereocenters. The fraction of sp³-hybridized carbons (Fsp3) is 0.444. The van der Waals surface area contributed by atoms with Crippen LogP contribution in [0.2, 0.25) is 0 Å². The van der Waals surface area contributed by atoms with Gasteiger partial charge in [-0.3, -0.25) is 19.3 Å². The molecule has 192 valence electrons. The molecular formula is C27H33N3O6. The number of benzene rings is 2. The predicted octanol–water partition coefficient (Wildman–Crippen LogP) is 3.53. The highest BCUT2D eigenvalue weighted by molar-refractivity contribution is 6.18. The number of nitrogens with zero attached hydrogens (tertiary/aromatic N) is 2. The Morgan fingerprint density at radius 2 is 1.81 bits per heavy atom. The second-order valence-electron chi connectivity index (χ2n) is 9.06. The van der Waals surface area contributed by atoms with Crippen LogP contribution in [0.5, 0.6) is 11.5 Å². The number of ether oxygens (including phenoxy) is 3. The van der Waals surface area contributed by atoms with Gasteiger partial charge in [-0.25, -0.2) is 0 Å². The topological polar surface area (TPSA) is 97.4 Å². The van der Waals surface area contributed by atoms with Crippen molar-refractivity contribution in [1.82, 2.24) is 10.2 Å². The Morgan fingerprint density at radius 3 is 2.53 bits per heavy atom. The van der Waals surface area contributed by atoms with Crippen LogP contribution in [0.1, 0.15) is 65.6 Å². The Balaban J connectivity index is 1.53. The van der Waals surface area contributed by atoms with Gasteiger partial charge in [-0.1, -0.05) is 18.2 Å². The third-order valence-electron chi connectivity index (χ3n) is 6.38. The van der Waals surface area contributed by atoms with Gasteiger partial charge in [0.25, 0.3) is 11.8 Å². The van der Waals surface area contributed by atoms with Crippen LogP contribution in [-0.2, 0) is 9.53 Å². The molecule has 3 amide bonds. The average Bonchev–Trinajstić information content (AvgIpc) is 3.17. The van der Waals surface area contributed by atoms with Crippen molar-refractivity contribution in [3.63, 3.8) is 0 Å². The number of hydrogen-bond donors (Lipinski definition) is 1. The minimum absolute atomic E-state index is 0.0736. The van der Waals surface area contributed by atoms with Gasteiger partial charge in [0.15, 0.2) is 11.5 Å². The first kappa shape index (κ1) is 25.5. The number of carbonyl (C=O) groups excluding carboxylic acids is 3. The third kappa shape index (κ3) is 4.75. The van der Waals surface area contributed by atoms with Gasteiger partial charge in [-0.15, -0.1) is 0 Å². The maximum atomic E-state index is 13.7. The Labute approximate surface area is 211 Å². The van der Waals surface area contributed by atoms with E-state index in [1.165, 1.54) is 14.2 Å². The maximum absolute atomic E-state index is 13.7. The molecule has 36 heavy (non-hydrogen) atoms. The van der Waals surface area contributed by atoms with E-state index in [4.69, 9.17) is 14.2 Å². The van der Waals surface area contributed by atoms with E-state index in [0.29, 0.717) is 60.0 Å². The van der Waals surface area contributed by atoms with E-state index in [9.17, 15) is 14.4 Å². The Morgan fingerprint density at radius 1 is 1.03 bits per heavy atom. The minimum Gasteiger partial charge on any atom is -0.493 e. The first-order valence-electron chi connectivity index (χ1n) is 12.3. The fourth-order valence-electron chi connectivity index (χ4n) is 4.77. The second kappa shape index (κ2) is 11.0. The quantitative estimate of drug-likeness (QED) is 0.479. The van der Waals surface area contributed by atoms with Gasteiger partial charge < -0.3 is 24.4 Å². The predicted molar refractivity (Wildman–Crippen MR) is 135 cm³/mol. The van der Waals surface area contributed by atoms with Crippen LogP contribution in [0, 0.1) is 0 Å².